The Labute approximate surface area is 246 Å². The number of hydrogen-bond acceptors (Lipinski definition) is 7. The van der Waals surface area contributed by atoms with Gasteiger partial charge in [0.25, 0.3) is 6.43 Å². The molecule has 0 unspecified atom stereocenters. The Kier molecular flexibility index (Phi) is 8.64. The minimum absolute atomic E-state index is 0.0590. The van der Waals surface area contributed by atoms with Crippen molar-refractivity contribution in [1.82, 2.24) is 25.3 Å². The van der Waals surface area contributed by atoms with Crippen molar-refractivity contribution in [1.29, 1.82) is 5.26 Å². The number of allylic oxidation sites excluding steroid dienone is 1. The molecule has 0 radical (unpaired) electrons. The van der Waals surface area contributed by atoms with Gasteiger partial charge in [0.05, 0.1) is 28.0 Å². The number of nitrogens with one attached hydrogen (secondary N) is 2. The number of alkyl halides is 2. The molecule has 2 aromatic heterocycles. The maximum Gasteiger partial charge on any atom is 0.263 e. The van der Waals surface area contributed by atoms with Crippen LogP contribution in [-0.4, -0.2) is 39.7 Å². The zero-order valence-corrected chi connectivity index (χ0v) is 24.6. The molecule has 4 rings (SSSR count). The SMILES string of the molecule is C=Nc1c(Cl)cc(N[C@@H](c2ccc(F)nc2C)c2nnn(C3(C(F)F)CC3)c2F)cc1/C(NCC(C)(C)C)=C(\C)C#N. The molecule has 0 aliphatic heterocycles. The molecule has 1 atom stereocenters. The topological polar surface area (TPSA) is 104 Å². The van der Waals surface area contributed by atoms with Crippen LogP contribution in [0.25, 0.3) is 5.70 Å². The Hall–Kier alpha value is -3.98. The number of aliphatic imine (C=N–C) groups is 1. The summed E-state index contributed by atoms with van der Waals surface area (Å²) in [5, 5.41) is 24.1. The van der Waals surface area contributed by atoms with Gasteiger partial charge in [-0.1, -0.05) is 43.7 Å². The second-order valence-corrected chi connectivity index (χ2v) is 11.9. The van der Waals surface area contributed by atoms with Crippen molar-refractivity contribution in [2.45, 2.75) is 65.5 Å². The molecule has 0 bridgehead atoms. The summed E-state index contributed by atoms with van der Waals surface area (Å²) in [6, 6.07) is 6.73. The highest BCUT2D eigenvalue weighted by Gasteiger charge is 2.56. The molecule has 1 saturated carbocycles. The molecule has 222 valence electrons. The van der Waals surface area contributed by atoms with Gasteiger partial charge in [-0.25, -0.2) is 18.4 Å². The Morgan fingerprint density at radius 2 is 1.95 bits per heavy atom. The van der Waals surface area contributed by atoms with Crippen LogP contribution in [0.2, 0.25) is 5.02 Å². The van der Waals surface area contributed by atoms with Crippen molar-refractivity contribution in [3.63, 3.8) is 0 Å². The third kappa shape index (κ3) is 6.11. The summed E-state index contributed by atoms with van der Waals surface area (Å²) < 4.78 is 58.0. The first kappa shape index (κ1) is 31.0. The van der Waals surface area contributed by atoms with E-state index in [4.69, 9.17) is 11.6 Å². The number of aryl methyl sites for hydroxylation is 1. The quantitative estimate of drug-likeness (QED) is 0.111. The number of nitriles is 1. The van der Waals surface area contributed by atoms with Gasteiger partial charge in [0, 0.05) is 29.1 Å². The van der Waals surface area contributed by atoms with Crippen molar-refractivity contribution >= 4 is 35.4 Å². The van der Waals surface area contributed by atoms with Crippen molar-refractivity contribution in [3.05, 3.63) is 69.3 Å². The fourth-order valence-corrected chi connectivity index (χ4v) is 4.85. The Bertz CT molecular complexity index is 1580. The maximum absolute atomic E-state index is 15.8. The lowest BCUT2D eigenvalue weighted by atomic mass is 9.95. The zero-order valence-electron chi connectivity index (χ0n) is 23.9. The van der Waals surface area contributed by atoms with E-state index in [2.05, 4.69) is 43.7 Å². The number of nitrogens with zero attached hydrogens (tertiary/aromatic N) is 6. The van der Waals surface area contributed by atoms with Crippen molar-refractivity contribution in [2.24, 2.45) is 10.4 Å². The van der Waals surface area contributed by atoms with Crippen LogP contribution in [-0.2, 0) is 5.54 Å². The lowest BCUT2D eigenvalue weighted by Crippen LogP contribution is -2.29. The minimum Gasteiger partial charge on any atom is -0.383 e. The molecular formula is C29H31ClF4N8. The van der Waals surface area contributed by atoms with E-state index < -0.39 is 29.9 Å². The highest BCUT2D eigenvalue weighted by Crippen LogP contribution is 2.49. The summed E-state index contributed by atoms with van der Waals surface area (Å²) in [6.07, 6.45) is -2.72. The molecule has 1 aliphatic rings. The number of hydrogen-bond donors (Lipinski definition) is 2. The Balaban J connectivity index is 1.86. The van der Waals surface area contributed by atoms with E-state index in [1.807, 2.05) is 20.8 Å². The van der Waals surface area contributed by atoms with Gasteiger partial charge in [0.2, 0.25) is 11.9 Å². The van der Waals surface area contributed by atoms with Gasteiger partial charge in [0.1, 0.15) is 17.3 Å². The second kappa shape index (κ2) is 11.7. The van der Waals surface area contributed by atoms with Crippen LogP contribution in [0.3, 0.4) is 0 Å². The minimum atomic E-state index is -2.84. The molecule has 2 heterocycles. The molecule has 8 nitrogen and oxygen atoms in total. The molecule has 42 heavy (non-hydrogen) atoms. The van der Waals surface area contributed by atoms with Crippen LogP contribution in [0.4, 0.5) is 28.9 Å². The predicted molar refractivity (Wildman–Crippen MR) is 154 cm³/mol. The van der Waals surface area contributed by atoms with Crippen molar-refractivity contribution < 1.29 is 17.6 Å². The monoisotopic (exact) mass is 602 g/mol. The normalized spacial score (nSPS) is 15.6. The summed E-state index contributed by atoms with van der Waals surface area (Å²) in [7, 11) is 0. The summed E-state index contributed by atoms with van der Waals surface area (Å²) in [6.45, 7) is 13.4. The molecule has 0 amide bonds. The fourth-order valence-electron chi connectivity index (χ4n) is 4.57. The average molecular weight is 603 g/mol. The second-order valence-electron chi connectivity index (χ2n) is 11.5. The highest BCUT2D eigenvalue weighted by atomic mass is 35.5. The van der Waals surface area contributed by atoms with Gasteiger partial charge < -0.3 is 10.6 Å². The van der Waals surface area contributed by atoms with Gasteiger partial charge in [-0.2, -0.15) is 14.0 Å². The number of benzene rings is 1. The van der Waals surface area contributed by atoms with Gasteiger partial charge in [-0.15, -0.1) is 5.10 Å². The van der Waals surface area contributed by atoms with Gasteiger partial charge in [-0.3, -0.25) is 4.99 Å². The lowest BCUT2D eigenvalue weighted by molar-refractivity contribution is 0.0524. The third-order valence-electron chi connectivity index (χ3n) is 7.05. The average Bonchev–Trinajstić information content (AvgIpc) is 3.63. The molecule has 2 N–H and O–H groups in total. The molecular weight excluding hydrogens is 572 g/mol. The fraction of sp³-hybridized carbons (Fsp3) is 0.414. The summed E-state index contributed by atoms with van der Waals surface area (Å²) in [4.78, 5) is 7.93. The third-order valence-corrected chi connectivity index (χ3v) is 7.33. The predicted octanol–water partition coefficient (Wildman–Crippen LogP) is 7.09. The Morgan fingerprint density at radius 1 is 1.26 bits per heavy atom. The molecule has 1 aromatic carbocycles. The van der Waals surface area contributed by atoms with Crippen LogP contribution in [0.1, 0.15) is 69.1 Å². The zero-order chi connectivity index (χ0) is 31.0. The first-order valence-corrected chi connectivity index (χ1v) is 13.5. The Morgan fingerprint density at radius 3 is 2.50 bits per heavy atom. The molecule has 1 aliphatic carbocycles. The standard InChI is InChI=1S/C29H31ClF4N8/c1-15(13-35)22(37-14-28(3,4)5)19-11-17(12-20(30)23(19)36-6)39-24(18-7-8-21(31)38-16(18)2)25-26(32)42(41-40-25)29(9-10-29)27(33)34/h7-8,11-12,24,27,37,39H,6,9-10,14H2,1-5H3/b22-15-/t24-/m0/s1. The van der Waals surface area contributed by atoms with E-state index in [1.165, 1.54) is 19.1 Å². The number of aromatic nitrogens is 4. The van der Waals surface area contributed by atoms with E-state index in [-0.39, 0.29) is 34.7 Å². The summed E-state index contributed by atoms with van der Waals surface area (Å²) in [5.74, 6) is -1.79. The summed E-state index contributed by atoms with van der Waals surface area (Å²) in [5.41, 5.74) is 0.339. The first-order valence-electron chi connectivity index (χ1n) is 13.2. The van der Waals surface area contributed by atoms with Gasteiger partial charge >= 0.3 is 0 Å². The number of anilines is 1. The van der Waals surface area contributed by atoms with Crippen molar-refractivity contribution in [3.8, 4) is 6.07 Å². The van der Waals surface area contributed by atoms with Crippen LogP contribution in [0.5, 0.6) is 0 Å². The van der Waals surface area contributed by atoms with Crippen LogP contribution < -0.4 is 10.6 Å². The first-order chi connectivity index (χ1) is 19.7. The van der Waals surface area contributed by atoms with E-state index in [0.717, 1.165) is 6.07 Å². The smallest absolute Gasteiger partial charge is 0.263 e. The van der Waals surface area contributed by atoms with Crippen LogP contribution >= 0.6 is 11.6 Å². The number of rotatable bonds is 10. The molecule has 0 spiro atoms. The maximum atomic E-state index is 15.8. The molecule has 1 fully saturated rings. The van der Waals surface area contributed by atoms with Gasteiger partial charge in [0.15, 0.2) is 0 Å². The highest BCUT2D eigenvalue weighted by molar-refractivity contribution is 6.33. The van der Waals surface area contributed by atoms with Gasteiger partial charge in [-0.05, 0) is 57.0 Å². The molecule has 0 saturated heterocycles. The van der Waals surface area contributed by atoms with E-state index in [0.29, 0.717) is 45.0 Å². The number of pyridine rings is 1. The molecule has 3 aromatic rings. The van der Waals surface area contributed by atoms with Crippen molar-refractivity contribution in [2.75, 3.05) is 11.9 Å². The van der Waals surface area contributed by atoms with E-state index in [9.17, 15) is 18.4 Å². The van der Waals surface area contributed by atoms with Crippen LogP contribution in [0, 0.1) is 35.6 Å². The largest absolute Gasteiger partial charge is 0.383 e. The van der Waals surface area contributed by atoms with E-state index in [1.54, 1.807) is 13.0 Å². The number of halogens is 5. The molecule has 13 heteroatoms. The lowest BCUT2D eigenvalue weighted by Gasteiger charge is -2.24. The summed E-state index contributed by atoms with van der Waals surface area (Å²) >= 11 is 6.62. The van der Waals surface area contributed by atoms with Crippen LogP contribution in [0.15, 0.2) is 34.8 Å². The van der Waals surface area contributed by atoms with E-state index >= 15 is 4.39 Å².